The number of nitrogens with two attached hydrogens (primary N) is 1. The van der Waals surface area contributed by atoms with Gasteiger partial charge in [-0.15, -0.1) is 0 Å². The number of hydrogen-bond donors (Lipinski definition) is 2. The molecule has 0 saturated carbocycles. The fraction of sp³-hybridized carbons (Fsp3) is 0.545. The Hall–Kier alpha value is -0.890. The van der Waals surface area contributed by atoms with Crippen molar-refractivity contribution < 1.29 is 8.42 Å². The molecule has 1 saturated heterocycles. The first-order valence-electron chi connectivity index (χ1n) is 6.15. The predicted molar refractivity (Wildman–Crippen MR) is 75.2 cm³/mol. The average Bonchev–Trinajstić information content (AvgIpc) is 2.41. The van der Waals surface area contributed by atoms with Gasteiger partial charge in [0.2, 0.25) is 0 Å². The van der Waals surface area contributed by atoms with E-state index in [1.165, 1.54) is 10.5 Å². The van der Waals surface area contributed by atoms with E-state index in [0.29, 0.717) is 13.1 Å². The minimum Gasteiger partial charge on any atom is -0.329 e. The van der Waals surface area contributed by atoms with Gasteiger partial charge in [-0.2, -0.15) is 12.7 Å². The second kappa shape index (κ2) is 6.04. The van der Waals surface area contributed by atoms with E-state index in [1.807, 2.05) is 0 Å². The molecule has 1 aliphatic heterocycles. The summed E-state index contributed by atoms with van der Waals surface area (Å²) >= 11 is 5.91. The Labute approximate surface area is 118 Å². The van der Waals surface area contributed by atoms with Crippen LogP contribution < -0.4 is 10.5 Å². The molecule has 1 unspecified atom stereocenters. The van der Waals surface area contributed by atoms with Crippen LogP contribution in [0.15, 0.2) is 18.3 Å². The number of anilines is 1. The Morgan fingerprint density at radius 3 is 3.00 bits per heavy atom. The normalized spacial score (nSPS) is 21.3. The van der Waals surface area contributed by atoms with Crippen LogP contribution in [0.4, 0.5) is 5.82 Å². The summed E-state index contributed by atoms with van der Waals surface area (Å²) in [6, 6.07) is 3.07. The van der Waals surface area contributed by atoms with E-state index >= 15 is 0 Å². The van der Waals surface area contributed by atoms with Crippen molar-refractivity contribution in [3.8, 4) is 0 Å². The lowest BCUT2D eigenvalue weighted by molar-refractivity contribution is 0.259. The Kier molecular flexibility index (Phi) is 4.62. The second-order valence-electron chi connectivity index (χ2n) is 4.44. The first-order chi connectivity index (χ1) is 9.04. The molecular formula is C11H17ClN4O2S. The maximum absolute atomic E-state index is 12.3. The van der Waals surface area contributed by atoms with Crippen LogP contribution in [-0.4, -0.2) is 36.8 Å². The fourth-order valence-corrected chi connectivity index (χ4v) is 3.87. The molecule has 2 heterocycles. The summed E-state index contributed by atoms with van der Waals surface area (Å²) < 4.78 is 28.5. The number of nitrogens with zero attached hydrogens (tertiary/aromatic N) is 2. The van der Waals surface area contributed by atoms with Crippen LogP contribution in [0, 0.1) is 0 Å². The number of rotatable bonds is 4. The second-order valence-corrected chi connectivity index (χ2v) is 6.47. The summed E-state index contributed by atoms with van der Waals surface area (Å²) in [5.74, 6) is 0.144. The van der Waals surface area contributed by atoms with E-state index in [4.69, 9.17) is 17.3 Å². The van der Waals surface area contributed by atoms with Crippen molar-refractivity contribution in [1.82, 2.24) is 9.29 Å². The Morgan fingerprint density at radius 2 is 2.32 bits per heavy atom. The van der Waals surface area contributed by atoms with Gasteiger partial charge >= 0.3 is 10.2 Å². The van der Waals surface area contributed by atoms with Crippen molar-refractivity contribution in [2.75, 3.05) is 17.8 Å². The number of hydrogen-bond acceptors (Lipinski definition) is 4. The lowest BCUT2D eigenvalue weighted by Crippen LogP contribution is -2.49. The molecule has 1 atom stereocenters. The molecule has 0 aliphatic carbocycles. The lowest BCUT2D eigenvalue weighted by Gasteiger charge is -2.33. The van der Waals surface area contributed by atoms with Crippen LogP contribution in [0.25, 0.3) is 0 Å². The summed E-state index contributed by atoms with van der Waals surface area (Å²) in [5, 5.41) is 0.271. The molecule has 6 nitrogen and oxygen atoms in total. The van der Waals surface area contributed by atoms with Crippen molar-refractivity contribution in [3.05, 3.63) is 23.4 Å². The van der Waals surface area contributed by atoms with Gasteiger partial charge in [0, 0.05) is 25.3 Å². The Morgan fingerprint density at radius 1 is 1.53 bits per heavy atom. The highest BCUT2D eigenvalue weighted by Gasteiger charge is 2.31. The molecule has 0 aromatic carbocycles. The van der Waals surface area contributed by atoms with E-state index in [9.17, 15) is 8.42 Å². The van der Waals surface area contributed by atoms with Gasteiger partial charge in [-0.25, -0.2) is 4.98 Å². The molecule has 3 N–H and O–H groups in total. The van der Waals surface area contributed by atoms with Gasteiger partial charge in [0.05, 0.1) is 5.02 Å². The van der Waals surface area contributed by atoms with Gasteiger partial charge in [0.25, 0.3) is 0 Å². The van der Waals surface area contributed by atoms with Crippen molar-refractivity contribution in [3.63, 3.8) is 0 Å². The maximum atomic E-state index is 12.3. The number of piperidine rings is 1. The van der Waals surface area contributed by atoms with Crippen molar-refractivity contribution in [1.29, 1.82) is 0 Å². The van der Waals surface area contributed by atoms with E-state index in [1.54, 1.807) is 12.1 Å². The smallest absolute Gasteiger partial charge is 0.303 e. The first-order valence-corrected chi connectivity index (χ1v) is 7.96. The standard InChI is InChI=1S/C11H17ClN4O2S/c12-10-5-3-6-14-11(10)15-19(17,18)16-7-2-1-4-9(16)8-13/h3,5-6,9H,1-2,4,7-8,13H2,(H,14,15). The minimum absolute atomic E-state index is 0.144. The highest BCUT2D eigenvalue weighted by Crippen LogP contribution is 2.23. The molecule has 1 aliphatic rings. The van der Waals surface area contributed by atoms with E-state index in [0.717, 1.165) is 19.3 Å². The summed E-state index contributed by atoms with van der Waals surface area (Å²) in [6.07, 6.45) is 4.11. The van der Waals surface area contributed by atoms with Crippen LogP contribution in [0.2, 0.25) is 5.02 Å². The zero-order chi connectivity index (χ0) is 13.9. The molecule has 0 amide bonds. The average molecular weight is 305 g/mol. The molecule has 1 aromatic rings. The largest absolute Gasteiger partial charge is 0.329 e. The van der Waals surface area contributed by atoms with Crippen LogP contribution in [0.3, 0.4) is 0 Å². The molecular weight excluding hydrogens is 288 g/mol. The lowest BCUT2D eigenvalue weighted by atomic mass is 10.1. The molecule has 8 heteroatoms. The van der Waals surface area contributed by atoms with E-state index in [-0.39, 0.29) is 16.9 Å². The molecule has 0 spiro atoms. The zero-order valence-electron chi connectivity index (χ0n) is 10.4. The fourth-order valence-electron chi connectivity index (χ4n) is 2.17. The summed E-state index contributed by atoms with van der Waals surface area (Å²) in [7, 11) is -3.66. The van der Waals surface area contributed by atoms with Gasteiger partial charge in [-0.1, -0.05) is 18.0 Å². The van der Waals surface area contributed by atoms with Gasteiger partial charge in [-0.3, -0.25) is 4.72 Å². The number of halogens is 1. The number of aromatic nitrogens is 1. The molecule has 1 aromatic heterocycles. The van der Waals surface area contributed by atoms with Crippen LogP contribution in [-0.2, 0) is 10.2 Å². The molecule has 106 valence electrons. The number of pyridine rings is 1. The van der Waals surface area contributed by atoms with Crippen LogP contribution in [0.1, 0.15) is 19.3 Å². The van der Waals surface area contributed by atoms with E-state index < -0.39 is 10.2 Å². The summed E-state index contributed by atoms with van der Waals surface area (Å²) in [4.78, 5) is 3.93. The SMILES string of the molecule is NCC1CCCCN1S(=O)(=O)Nc1ncccc1Cl. The van der Waals surface area contributed by atoms with Gasteiger partial charge in [0.15, 0.2) is 5.82 Å². The maximum Gasteiger partial charge on any atom is 0.303 e. The summed E-state index contributed by atoms with van der Waals surface area (Å²) in [5.41, 5.74) is 5.64. The molecule has 0 bridgehead atoms. The van der Waals surface area contributed by atoms with Gasteiger partial charge < -0.3 is 5.73 Å². The monoisotopic (exact) mass is 304 g/mol. The van der Waals surface area contributed by atoms with Crippen molar-refractivity contribution >= 4 is 27.6 Å². The van der Waals surface area contributed by atoms with E-state index in [2.05, 4.69) is 9.71 Å². The van der Waals surface area contributed by atoms with Crippen LogP contribution in [0.5, 0.6) is 0 Å². The Balaban J connectivity index is 2.20. The zero-order valence-corrected chi connectivity index (χ0v) is 12.0. The minimum atomic E-state index is -3.66. The molecule has 0 radical (unpaired) electrons. The first kappa shape index (κ1) is 14.5. The van der Waals surface area contributed by atoms with Gasteiger partial charge in [0.1, 0.15) is 0 Å². The number of nitrogens with one attached hydrogen (secondary N) is 1. The highest BCUT2D eigenvalue weighted by molar-refractivity contribution is 7.90. The van der Waals surface area contributed by atoms with Crippen LogP contribution >= 0.6 is 11.6 Å². The van der Waals surface area contributed by atoms with Gasteiger partial charge in [-0.05, 0) is 25.0 Å². The molecule has 2 rings (SSSR count). The third kappa shape index (κ3) is 3.36. The van der Waals surface area contributed by atoms with Crippen molar-refractivity contribution in [2.45, 2.75) is 25.3 Å². The summed E-state index contributed by atoms with van der Waals surface area (Å²) in [6.45, 7) is 0.790. The highest BCUT2D eigenvalue weighted by atomic mass is 35.5. The van der Waals surface area contributed by atoms with Crippen molar-refractivity contribution in [2.24, 2.45) is 5.73 Å². The molecule has 1 fully saturated rings. The third-order valence-corrected chi connectivity index (χ3v) is 4.99. The molecule has 19 heavy (non-hydrogen) atoms. The quantitative estimate of drug-likeness (QED) is 0.875. The third-order valence-electron chi connectivity index (χ3n) is 3.14. The topological polar surface area (TPSA) is 88.3 Å². The Bertz CT molecular complexity index is 537. The predicted octanol–water partition coefficient (Wildman–Crippen LogP) is 1.20.